The number of nitro groups is 1. The zero-order chi connectivity index (χ0) is 16.6. The van der Waals surface area contributed by atoms with Gasteiger partial charge in [0.05, 0.1) is 4.92 Å². The molecule has 1 aromatic rings. The summed E-state index contributed by atoms with van der Waals surface area (Å²) in [6.45, 7) is 0. The van der Waals surface area contributed by atoms with Crippen LogP contribution in [0.25, 0.3) is 0 Å². The van der Waals surface area contributed by atoms with Gasteiger partial charge in [-0.15, -0.1) is 13.2 Å². The van der Waals surface area contributed by atoms with Gasteiger partial charge in [-0.25, -0.2) is 4.98 Å². The van der Waals surface area contributed by atoms with Gasteiger partial charge in [0.15, 0.2) is 5.69 Å². The molecule has 1 aromatic heterocycles. The van der Waals surface area contributed by atoms with Gasteiger partial charge in [0.25, 0.3) is 5.24 Å². The monoisotopic (exact) mass is 338 g/mol. The number of halogens is 7. The van der Waals surface area contributed by atoms with Crippen molar-refractivity contribution in [1.29, 1.82) is 0 Å². The van der Waals surface area contributed by atoms with E-state index in [1.807, 2.05) is 0 Å². The van der Waals surface area contributed by atoms with Crippen LogP contribution >= 0.6 is 11.6 Å². The Morgan fingerprint density at radius 3 is 2.14 bits per heavy atom. The van der Waals surface area contributed by atoms with E-state index in [0.717, 1.165) is 0 Å². The van der Waals surface area contributed by atoms with Crippen LogP contribution in [0.5, 0.6) is 5.75 Å². The molecule has 1 heterocycles. The molecule has 0 saturated carbocycles. The summed E-state index contributed by atoms with van der Waals surface area (Å²) in [4.78, 5) is 22.4. The van der Waals surface area contributed by atoms with Crippen molar-refractivity contribution in [2.24, 2.45) is 0 Å². The zero-order valence-corrected chi connectivity index (χ0v) is 10.0. The molecule has 0 radical (unpaired) electrons. The SMILES string of the molecule is O=C(Cl)c1cnc(C(F)(F)F)c(OC(F)(F)F)c1[N+](=O)[O-]. The van der Waals surface area contributed by atoms with Crippen LogP contribution in [0.3, 0.4) is 0 Å². The first-order chi connectivity index (χ1) is 9.34. The highest BCUT2D eigenvalue weighted by Crippen LogP contribution is 2.44. The number of aromatic nitrogens is 1. The fourth-order valence-corrected chi connectivity index (χ4v) is 1.36. The molecule has 116 valence electrons. The van der Waals surface area contributed by atoms with Crippen molar-refractivity contribution in [3.05, 3.63) is 27.6 Å². The van der Waals surface area contributed by atoms with E-state index < -0.39 is 45.4 Å². The molecule has 13 heteroatoms. The molecule has 1 rings (SSSR count). The van der Waals surface area contributed by atoms with Crippen molar-refractivity contribution in [2.75, 3.05) is 0 Å². The Morgan fingerprint density at radius 2 is 1.81 bits per heavy atom. The molecule has 0 aliphatic carbocycles. The molecule has 0 unspecified atom stereocenters. The fourth-order valence-electron chi connectivity index (χ4n) is 1.22. The van der Waals surface area contributed by atoms with Crippen LogP contribution in [0.15, 0.2) is 6.20 Å². The van der Waals surface area contributed by atoms with Crippen LogP contribution in [0, 0.1) is 10.1 Å². The standard InChI is InChI=1S/C8HClF6N2O4/c9-6(18)2-1-16-5(7(10,11)12)4(3(2)17(19)20)21-8(13,14)15/h1H. The lowest BCUT2D eigenvalue weighted by Gasteiger charge is -2.15. The van der Waals surface area contributed by atoms with Gasteiger partial charge in [0.2, 0.25) is 5.75 Å². The molecule has 6 nitrogen and oxygen atoms in total. The molecule has 0 fully saturated rings. The molecule has 0 aliphatic rings. The van der Waals surface area contributed by atoms with Gasteiger partial charge in [-0.3, -0.25) is 14.9 Å². The minimum Gasteiger partial charge on any atom is -0.396 e. The van der Waals surface area contributed by atoms with Crippen LogP contribution in [-0.4, -0.2) is 21.5 Å². The van der Waals surface area contributed by atoms with E-state index in [1.165, 1.54) is 0 Å². The molecule has 21 heavy (non-hydrogen) atoms. The number of carbonyl (C=O) groups is 1. The number of pyridine rings is 1. The van der Waals surface area contributed by atoms with E-state index in [-0.39, 0.29) is 6.20 Å². The molecule has 0 atom stereocenters. The Balaban J connectivity index is 3.75. The largest absolute Gasteiger partial charge is 0.573 e. The average Bonchev–Trinajstić information content (AvgIpc) is 2.23. The van der Waals surface area contributed by atoms with Crippen molar-refractivity contribution in [3.63, 3.8) is 0 Å². The van der Waals surface area contributed by atoms with E-state index in [2.05, 4.69) is 9.72 Å². The number of nitrogens with zero attached hydrogens (tertiary/aromatic N) is 2. The summed E-state index contributed by atoms with van der Waals surface area (Å²) < 4.78 is 77.0. The first-order valence-electron chi connectivity index (χ1n) is 4.54. The van der Waals surface area contributed by atoms with E-state index in [0.29, 0.717) is 0 Å². The van der Waals surface area contributed by atoms with Gasteiger partial charge >= 0.3 is 18.2 Å². The van der Waals surface area contributed by atoms with E-state index >= 15 is 0 Å². The predicted molar refractivity (Wildman–Crippen MR) is 52.8 cm³/mol. The van der Waals surface area contributed by atoms with E-state index in [4.69, 9.17) is 11.6 Å². The first-order valence-corrected chi connectivity index (χ1v) is 4.92. The highest BCUT2D eigenvalue weighted by atomic mass is 35.5. The van der Waals surface area contributed by atoms with Gasteiger partial charge in [0.1, 0.15) is 5.56 Å². The Hall–Kier alpha value is -2.11. The molecule has 0 spiro atoms. The molecule has 0 bridgehead atoms. The van der Waals surface area contributed by atoms with E-state index in [9.17, 15) is 41.3 Å². The first kappa shape index (κ1) is 16.9. The zero-order valence-electron chi connectivity index (χ0n) is 9.25. The lowest BCUT2D eigenvalue weighted by atomic mass is 10.2. The summed E-state index contributed by atoms with van der Waals surface area (Å²) in [5, 5.41) is 8.99. The number of alkyl halides is 6. The van der Waals surface area contributed by atoms with Crippen LogP contribution in [0.4, 0.5) is 32.0 Å². The summed E-state index contributed by atoms with van der Waals surface area (Å²) in [6, 6.07) is 0. The van der Waals surface area contributed by atoms with E-state index in [1.54, 1.807) is 0 Å². The lowest BCUT2D eigenvalue weighted by Crippen LogP contribution is -2.23. The third-order valence-electron chi connectivity index (χ3n) is 1.89. The third kappa shape index (κ3) is 3.93. The van der Waals surface area contributed by atoms with Gasteiger partial charge in [-0.1, -0.05) is 0 Å². The molecule has 0 aliphatic heterocycles. The smallest absolute Gasteiger partial charge is 0.396 e. The number of hydrogen-bond donors (Lipinski definition) is 0. The Bertz CT molecular complexity index is 600. The minimum atomic E-state index is -5.68. The summed E-state index contributed by atoms with van der Waals surface area (Å²) in [5.74, 6) is -2.26. The Labute approximate surface area is 115 Å². The van der Waals surface area contributed by atoms with Crippen molar-refractivity contribution < 1.29 is 40.8 Å². The van der Waals surface area contributed by atoms with Crippen molar-refractivity contribution >= 4 is 22.5 Å². The minimum absolute atomic E-state index is 0.0412. The Kier molecular flexibility index (Phi) is 4.32. The third-order valence-corrected chi connectivity index (χ3v) is 2.09. The molecule has 0 N–H and O–H groups in total. The van der Waals surface area contributed by atoms with Crippen LogP contribution in [0.1, 0.15) is 16.1 Å². The second-order valence-corrected chi connectivity index (χ2v) is 3.62. The van der Waals surface area contributed by atoms with Crippen molar-refractivity contribution in [2.45, 2.75) is 12.5 Å². The van der Waals surface area contributed by atoms with Crippen molar-refractivity contribution in [1.82, 2.24) is 4.98 Å². The fraction of sp³-hybridized carbons (Fsp3) is 0.250. The van der Waals surface area contributed by atoms with Crippen molar-refractivity contribution in [3.8, 4) is 5.75 Å². The highest BCUT2D eigenvalue weighted by molar-refractivity contribution is 6.68. The van der Waals surface area contributed by atoms with Crippen LogP contribution < -0.4 is 4.74 Å². The van der Waals surface area contributed by atoms with Crippen LogP contribution in [-0.2, 0) is 6.18 Å². The summed E-state index contributed by atoms with van der Waals surface area (Å²) in [6.07, 6.45) is -11.1. The molecule has 0 aromatic carbocycles. The van der Waals surface area contributed by atoms with Gasteiger partial charge in [0, 0.05) is 6.20 Å². The number of rotatable bonds is 3. The van der Waals surface area contributed by atoms with Crippen LogP contribution in [0.2, 0.25) is 0 Å². The molecule has 0 saturated heterocycles. The topological polar surface area (TPSA) is 82.3 Å². The summed E-state index contributed by atoms with van der Waals surface area (Å²) >= 11 is 4.86. The maximum Gasteiger partial charge on any atom is 0.573 e. The normalized spacial score (nSPS) is 12.1. The lowest BCUT2D eigenvalue weighted by molar-refractivity contribution is -0.389. The number of ether oxygens (including phenoxy) is 1. The second kappa shape index (κ2) is 5.35. The molecule has 0 amide bonds. The molecular weight excluding hydrogens is 338 g/mol. The second-order valence-electron chi connectivity index (χ2n) is 3.27. The predicted octanol–water partition coefficient (Wildman–Crippen LogP) is 3.29. The van der Waals surface area contributed by atoms with Gasteiger partial charge in [-0.2, -0.15) is 13.2 Å². The number of hydrogen-bond acceptors (Lipinski definition) is 5. The van der Waals surface area contributed by atoms with Gasteiger partial charge < -0.3 is 4.74 Å². The quantitative estimate of drug-likeness (QED) is 0.365. The number of carbonyl (C=O) groups excluding carboxylic acids is 1. The Morgan fingerprint density at radius 1 is 1.29 bits per heavy atom. The summed E-state index contributed by atoms with van der Waals surface area (Å²) in [5.41, 5.74) is -5.46. The molecular formula is C8HClF6N2O4. The maximum absolute atomic E-state index is 12.5. The maximum atomic E-state index is 12.5. The average molecular weight is 339 g/mol. The summed E-state index contributed by atoms with van der Waals surface area (Å²) in [7, 11) is 0. The van der Waals surface area contributed by atoms with Gasteiger partial charge in [-0.05, 0) is 11.6 Å². The highest BCUT2D eigenvalue weighted by Gasteiger charge is 2.46.